The summed E-state index contributed by atoms with van der Waals surface area (Å²) < 4.78 is 54.1. The molecule has 2 rings (SSSR count). The zero-order valence-electron chi connectivity index (χ0n) is 23.7. The number of halogens is 2. The first-order chi connectivity index (χ1) is 18.9. The number of hydrogen-bond acceptors (Lipinski definition) is 5. The van der Waals surface area contributed by atoms with Crippen molar-refractivity contribution < 1.29 is 31.9 Å². The van der Waals surface area contributed by atoms with Gasteiger partial charge in [-0.15, -0.1) is 0 Å². The Morgan fingerprint density at radius 3 is 2.10 bits per heavy atom. The molecule has 0 aliphatic carbocycles. The Balaban J connectivity index is 2.30. The van der Waals surface area contributed by atoms with Crippen LogP contribution in [0, 0.1) is 18.6 Å². The van der Waals surface area contributed by atoms with E-state index in [0.29, 0.717) is 30.6 Å². The summed E-state index contributed by atoms with van der Waals surface area (Å²) >= 11 is 0. The minimum atomic E-state index is -3.51. The van der Waals surface area contributed by atoms with Crippen LogP contribution in [0.4, 0.5) is 8.78 Å². The lowest BCUT2D eigenvalue weighted by atomic mass is 9.98. The van der Waals surface area contributed by atoms with Crippen molar-refractivity contribution in [1.29, 1.82) is 0 Å². The zero-order valence-corrected chi connectivity index (χ0v) is 24.5. The molecular formula is C29H41F2N3O5S. The number of nitrogens with one attached hydrogen (secondary N) is 2. The number of sulfonamides is 1. The van der Waals surface area contributed by atoms with E-state index in [4.69, 9.17) is 0 Å². The lowest BCUT2D eigenvalue weighted by Gasteiger charge is -2.25. The van der Waals surface area contributed by atoms with Crippen molar-refractivity contribution in [1.82, 2.24) is 14.9 Å². The van der Waals surface area contributed by atoms with E-state index < -0.39 is 39.7 Å². The molecule has 0 saturated carbocycles. The molecule has 2 amide bonds. The van der Waals surface area contributed by atoms with Crippen LogP contribution in [0.1, 0.15) is 78.3 Å². The molecule has 8 nitrogen and oxygen atoms in total. The Hall–Kier alpha value is -2.89. The molecule has 0 fully saturated rings. The fourth-order valence-corrected chi connectivity index (χ4v) is 5.61. The molecule has 2 aromatic rings. The smallest absolute Gasteiger partial charge is 0.253 e. The van der Waals surface area contributed by atoms with E-state index in [1.807, 2.05) is 13.8 Å². The molecule has 11 heteroatoms. The number of nitrogens with zero attached hydrogens (tertiary/aromatic N) is 1. The molecule has 3 N–H and O–H groups in total. The second-order valence-corrected chi connectivity index (χ2v) is 11.9. The number of rotatable bonds is 16. The first-order valence-corrected chi connectivity index (χ1v) is 15.4. The fourth-order valence-electron chi connectivity index (χ4n) is 4.50. The van der Waals surface area contributed by atoms with Gasteiger partial charge < -0.3 is 15.3 Å². The molecule has 0 bridgehead atoms. The van der Waals surface area contributed by atoms with Gasteiger partial charge in [0, 0.05) is 36.8 Å². The van der Waals surface area contributed by atoms with E-state index in [-0.39, 0.29) is 42.2 Å². The molecule has 0 spiro atoms. The van der Waals surface area contributed by atoms with Crippen LogP contribution in [0.25, 0.3) is 0 Å². The first-order valence-electron chi connectivity index (χ1n) is 13.7. The largest absolute Gasteiger partial charge is 0.391 e. The molecule has 0 saturated heterocycles. The van der Waals surface area contributed by atoms with Crippen molar-refractivity contribution in [2.75, 3.05) is 25.4 Å². The summed E-state index contributed by atoms with van der Waals surface area (Å²) in [5.41, 5.74) is 1.46. The van der Waals surface area contributed by atoms with Crippen molar-refractivity contribution >= 4 is 21.8 Å². The van der Waals surface area contributed by atoms with Gasteiger partial charge in [-0.05, 0) is 80.5 Å². The van der Waals surface area contributed by atoms with E-state index >= 15 is 0 Å². The summed E-state index contributed by atoms with van der Waals surface area (Å²) in [4.78, 5) is 28.2. The molecule has 222 valence electrons. The zero-order chi connectivity index (χ0) is 29.9. The number of aliphatic hydroxyl groups is 1. The van der Waals surface area contributed by atoms with Gasteiger partial charge in [-0.1, -0.05) is 20.8 Å². The molecule has 0 aliphatic heterocycles. The van der Waals surface area contributed by atoms with Crippen molar-refractivity contribution in [2.24, 2.45) is 0 Å². The molecule has 0 radical (unpaired) electrons. The van der Waals surface area contributed by atoms with Gasteiger partial charge in [0.2, 0.25) is 10.0 Å². The van der Waals surface area contributed by atoms with Gasteiger partial charge in [-0.3, -0.25) is 9.59 Å². The van der Waals surface area contributed by atoms with Crippen LogP contribution < -0.4 is 10.0 Å². The predicted octanol–water partition coefficient (Wildman–Crippen LogP) is 3.96. The van der Waals surface area contributed by atoms with E-state index in [2.05, 4.69) is 10.0 Å². The van der Waals surface area contributed by atoms with Crippen LogP contribution in [-0.2, 0) is 16.4 Å². The summed E-state index contributed by atoms with van der Waals surface area (Å²) in [5.74, 6) is -2.43. The summed E-state index contributed by atoms with van der Waals surface area (Å²) in [6.45, 7) is 8.55. The number of amides is 2. The van der Waals surface area contributed by atoms with Crippen molar-refractivity contribution in [2.45, 2.75) is 71.9 Å². The molecule has 2 aromatic carbocycles. The highest BCUT2D eigenvalue weighted by Gasteiger charge is 2.25. The predicted molar refractivity (Wildman–Crippen MR) is 152 cm³/mol. The maximum atomic E-state index is 13.9. The third kappa shape index (κ3) is 10.6. The van der Waals surface area contributed by atoms with E-state index in [9.17, 15) is 31.9 Å². The lowest BCUT2D eigenvalue weighted by Crippen LogP contribution is -2.46. The molecule has 0 unspecified atom stereocenters. The number of benzene rings is 2. The molecular weight excluding hydrogens is 540 g/mol. The molecule has 2 atom stereocenters. The fraction of sp³-hybridized carbons (Fsp3) is 0.517. The third-order valence-corrected chi connectivity index (χ3v) is 7.84. The van der Waals surface area contributed by atoms with Gasteiger partial charge in [-0.25, -0.2) is 21.9 Å². The summed E-state index contributed by atoms with van der Waals surface area (Å²) in [7, 11) is -3.51. The highest BCUT2D eigenvalue weighted by Crippen LogP contribution is 2.16. The number of carbonyl (C=O) groups is 2. The Morgan fingerprint density at radius 2 is 1.52 bits per heavy atom. The Bertz CT molecular complexity index is 1230. The monoisotopic (exact) mass is 581 g/mol. The van der Waals surface area contributed by atoms with E-state index in [0.717, 1.165) is 31.0 Å². The number of carbonyl (C=O) groups excluding carboxylic acids is 2. The van der Waals surface area contributed by atoms with Gasteiger partial charge in [-0.2, -0.15) is 0 Å². The van der Waals surface area contributed by atoms with Crippen molar-refractivity contribution in [3.05, 3.63) is 70.3 Å². The van der Waals surface area contributed by atoms with Gasteiger partial charge >= 0.3 is 0 Å². The maximum absolute atomic E-state index is 13.9. The Morgan fingerprint density at radius 1 is 0.925 bits per heavy atom. The number of aliphatic hydroxyl groups excluding tert-OH is 1. The Labute approximate surface area is 236 Å². The van der Waals surface area contributed by atoms with Crippen molar-refractivity contribution in [3.63, 3.8) is 0 Å². The molecule has 0 heterocycles. The SMILES string of the molecule is CCCN(CCC)C(=O)c1cc(C)cc(C(=O)N[C@H](Cc2cc(F)cc(F)c2)[C@@H](O)CCNS(=O)(=O)CCC)c1. The van der Waals surface area contributed by atoms with Crippen LogP contribution >= 0.6 is 0 Å². The van der Waals surface area contributed by atoms with Gasteiger partial charge in [0.15, 0.2) is 0 Å². The Kier molecular flexibility index (Phi) is 13.1. The van der Waals surface area contributed by atoms with Crippen LogP contribution in [0.2, 0.25) is 0 Å². The minimum Gasteiger partial charge on any atom is -0.391 e. The van der Waals surface area contributed by atoms with Crippen LogP contribution in [-0.4, -0.2) is 67.8 Å². The van der Waals surface area contributed by atoms with E-state index in [1.165, 1.54) is 6.07 Å². The van der Waals surface area contributed by atoms with Crippen LogP contribution in [0.5, 0.6) is 0 Å². The quantitative estimate of drug-likeness (QED) is 0.278. The molecule has 0 aliphatic rings. The number of aryl methyl sites for hydroxylation is 1. The minimum absolute atomic E-state index is 0.0494. The average Bonchev–Trinajstić information content (AvgIpc) is 2.86. The second kappa shape index (κ2) is 15.8. The van der Waals surface area contributed by atoms with Crippen LogP contribution in [0.3, 0.4) is 0 Å². The standard InChI is InChI=1S/C29H41F2N3O5S/c1-5-10-34(11-6-2)29(37)23-14-20(4)13-22(18-23)28(36)33-26(17-21-15-24(30)19-25(31)16-21)27(35)8-9-32-40(38,39)12-7-3/h13-16,18-19,26-27,32,35H,5-12,17H2,1-4H3,(H,33,36)/t26-,27+/m1/s1. The average molecular weight is 582 g/mol. The highest BCUT2D eigenvalue weighted by atomic mass is 32.2. The van der Waals surface area contributed by atoms with Gasteiger partial charge in [0.1, 0.15) is 11.6 Å². The summed E-state index contributed by atoms with van der Waals surface area (Å²) in [5, 5.41) is 13.7. The summed E-state index contributed by atoms with van der Waals surface area (Å²) in [6.07, 6.45) is 0.611. The normalized spacial score (nSPS) is 13.1. The van der Waals surface area contributed by atoms with Gasteiger partial charge in [0.05, 0.1) is 17.9 Å². The first kappa shape index (κ1) is 33.3. The second-order valence-electron chi connectivity index (χ2n) is 10.0. The van der Waals surface area contributed by atoms with Crippen LogP contribution in [0.15, 0.2) is 36.4 Å². The third-order valence-electron chi connectivity index (χ3n) is 6.25. The number of hydrogen-bond donors (Lipinski definition) is 3. The summed E-state index contributed by atoms with van der Waals surface area (Å²) in [6, 6.07) is 6.76. The molecule has 0 aromatic heterocycles. The maximum Gasteiger partial charge on any atom is 0.253 e. The highest BCUT2D eigenvalue weighted by molar-refractivity contribution is 7.89. The van der Waals surface area contributed by atoms with Crippen molar-refractivity contribution in [3.8, 4) is 0 Å². The lowest BCUT2D eigenvalue weighted by molar-refractivity contribution is 0.0755. The van der Waals surface area contributed by atoms with E-state index in [1.54, 1.807) is 30.9 Å². The molecule has 40 heavy (non-hydrogen) atoms. The van der Waals surface area contributed by atoms with Gasteiger partial charge in [0.25, 0.3) is 11.8 Å². The topological polar surface area (TPSA) is 116 Å².